The fourth-order valence-electron chi connectivity index (χ4n) is 6.34. The number of methoxy groups -OCH3 is 1. The van der Waals surface area contributed by atoms with E-state index in [-0.39, 0.29) is 22.7 Å². The van der Waals surface area contributed by atoms with Gasteiger partial charge >= 0.3 is 0 Å². The number of hydrogen-bond acceptors (Lipinski definition) is 6. The number of carbonyl (C=O) groups is 1. The fourth-order valence-corrected chi connectivity index (χ4v) is 7.56. The fraction of sp³-hybridized carbons (Fsp3) is 0.500. The third-order valence-corrected chi connectivity index (χ3v) is 9.88. The number of carbonyl (C=O) groups excluding carboxylic acids is 1. The third-order valence-electron chi connectivity index (χ3n) is 8.46. The normalized spacial score (nSPS) is 26.7. The average molecular weight is 498 g/mol. The van der Waals surface area contributed by atoms with Crippen molar-refractivity contribution in [3.8, 4) is 11.5 Å². The van der Waals surface area contributed by atoms with E-state index in [0.29, 0.717) is 29.2 Å². The van der Waals surface area contributed by atoms with Crippen LogP contribution in [-0.4, -0.2) is 51.6 Å². The van der Waals surface area contributed by atoms with Gasteiger partial charge in [-0.15, -0.1) is 0 Å². The molecule has 186 valence electrons. The first kappa shape index (κ1) is 22.7. The number of sulfonamides is 1. The minimum absolute atomic E-state index is 0.0169. The van der Waals surface area contributed by atoms with Crippen LogP contribution in [0.25, 0.3) is 0 Å². The predicted octanol–water partition coefficient (Wildman–Crippen LogP) is 3.87. The lowest BCUT2D eigenvalue weighted by Gasteiger charge is -2.37. The van der Waals surface area contributed by atoms with Crippen molar-refractivity contribution in [3.63, 3.8) is 0 Å². The summed E-state index contributed by atoms with van der Waals surface area (Å²) in [7, 11) is -0.289. The lowest BCUT2D eigenvalue weighted by molar-refractivity contribution is -0.123. The van der Waals surface area contributed by atoms with E-state index in [1.807, 2.05) is 0 Å². The van der Waals surface area contributed by atoms with Gasteiger partial charge in [-0.3, -0.25) is 9.52 Å². The van der Waals surface area contributed by atoms with Crippen molar-refractivity contribution in [3.05, 3.63) is 42.0 Å². The first-order valence-electron chi connectivity index (χ1n) is 12.4. The Morgan fingerprint density at radius 2 is 1.80 bits per heavy atom. The highest BCUT2D eigenvalue weighted by atomic mass is 32.2. The second kappa shape index (κ2) is 8.13. The standard InChI is InChI=1S/C26H31N3O5S/c1-29-17-8-9-18(29)15-19(14-17)34-22-13-16(12-20-24(22)27-25(30)26(20)10-5-11-26)28-35(31,32)23-7-4-3-6-21(23)33-2/h3-4,6-7,12-13,17-19,28H,5,8-11,14-15H2,1-2H3,(H,27,30). The van der Waals surface area contributed by atoms with Crippen LogP contribution in [0.1, 0.15) is 50.5 Å². The van der Waals surface area contributed by atoms with Gasteiger partial charge in [0, 0.05) is 18.2 Å². The maximum absolute atomic E-state index is 13.3. The Kier molecular flexibility index (Phi) is 5.27. The molecule has 3 aliphatic heterocycles. The van der Waals surface area contributed by atoms with Crippen LogP contribution in [0.2, 0.25) is 0 Å². The number of piperidine rings is 1. The molecule has 1 aliphatic carbocycles. The molecule has 1 saturated carbocycles. The summed E-state index contributed by atoms with van der Waals surface area (Å²) < 4.78 is 41.1. The van der Waals surface area contributed by atoms with E-state index in [4.69, 9.17) is 9.47 Å². The number of nitrogens with zero attached hydrogens (tertiary/aromatic N) is 1. The van der Waals surface area contributed by atoms with Crippen LogP contribution < -0.4 is 19.5 Å². The largest absolute Gasteiger partial charge is 0.495 e. The van der Waals surface area contributed by atoms with Crippen LogP contribution in [-0.2, 0) is 20.2 Å². The molecule has 6 rings (SSSR count). The van der Waals surface area contributed by atoms with E-state index >= 15 is 0 Å². The molecule has 0 radical (unpaired) electrons. The quantitative estimate of drug-likeness (QED) is 0.629. The van der Waals surface area contributed by atoms with Gasteiger partial charge in [0.1, 0.15) is 22.5 Å². The number of hydrogen-bond donors (Lipinski definition) is 2. The van der Waals surface area contributed by atoms with Crippen LogP contribution >= 0.6 is 0 Å². The van der Waals surface area contributed by atoms with Crippen molar-refractivity contribution in [1.82, 2.24) is 4.90 Å². The summed E-state index contributed by atoms with van der Waals surface area (Å²) in [5, 5.41) is 3.06. The van der Waals surface area contributed by atoms with Gasteiger partial charge in [-0.25, -0.2) is 8.42 Å². The maximum atomic E-state index is 13.3. The van der Waals surface area contributed by atoms with Gasteiger partial charge in [0.05, 0.1) is 23.9 Å². The summed E-state index contributed by atoms with van der Waals surface area (Å²) >= 11 is 0. The summed E-state index contributed by atoms with van der Waals surface area (Å²) in [6.45, 7) is 0. The average Bonchev–Trinajstić information content (AvgIpc) is 3.20. The molecule has 2 aromatic rings. The number of fused-ring (bicyclic) bond motifs is 4. The Hall–Kier alpha value is -2.78. The number of para-hydroxylation sites is 1. The molecule has 2 saturated heterocycles. The second-order valence-corrected chi connectivity index (χ2v) is 12.0. The smallest absolute Gasteiger partial charge is 0.265 e. The van der Waals surface area contributed by atoms with Crippen molar-refractivity contribution >= 4 is 27.3 Å². The molecule has 4 aliphatic rings. The molecular weight excluding hydrogens is 466 g/mol. The molecule has 1 amide bonds. The monoisotopic (exact) mass is 497 g/mol. The Labute approximate surface area is 206 Å². The molecule has 35 heavy (non-hydrogen) atoms. The summed E-state index contributed by atoms with van der Waals surface area (Å²) in [6, 6.07) is 11.0. The van der Waals surface area contributed by atoms with Crippen molar-refractivity contribution in [2.24, 2.45) is 0 Å². The molecule has 0 aromatic heterocycles. The van der Waals surface area contributed by atoms with Crippen LogP contribution in [0.3, 0.4) is 0 Å². The first-order valence-corrected chi connectivity index (χ1v) is 13.8. The highest BCUT2D eigenvalue weighted by Crippen LogP contribution is 2.55. The van der Waals surface area contributed by atoms with Crippen LogP contribution in [0.4, 0.5) is 11.4 Å². The molecule has 1 spiro atoms. The zero-order valence-electron chi connectivity index (χ0n) is 20.0. The molecule has 2 unspecified atom stereocenters. The highest BCUT2D eigenvalue weighted by molar-refractivity contribution is 7.92. The van der Waals surface area contributed by atoms with Gasteiger partial charge in [-0.2, -0.15) is 0 Å². The number of rotatable bonds is 6. The molecule has 9 heteroatoms. The second-order valence-electron chi connectivity index (χ2n) is 10.3. The molecular formula is C26H31N3O5S. The van der Waals surface area contributed by atoms with E-state index in [2.05, 4.69) is 22.0 Å². The van der Waals surface area contributed by atoms with Crippen LogP contribution in [0.5, 0.6) is 11.5 Å². The summed E-state index contributed by atoms with van der Waals surface area (Å²) in [6.07, 6.45) is 6.73. The molecule has 2 atom stereocenters. The first-order chi connectivity index (χ1) is 16.8. The van der Waals surface area contributed by atoms with E-state index in [0.717, 1.165) is 37.7 Å². The van der Waals surface area contributed by atoms with E-state index in [1.165, 1.54) is 26.0 Å². The Balaban J connectivity index is 1.37. The molecule has 2 N–H and O–H groups in total. The predicted molar refractivity (Wildman–Crippen MR) is 133 cm³/mol. The summed E-state index contributed by atoms with van der Waals surface area (Å²) in [4.78, 5) is 15.5. The number of benzene rings is 2. The van der Waals surface area contributed by atoms with Crippen molar-refractivity contribution in [2.45, 2.75) is 73.4 Å². The molecule has 2 bridgehead atoms. The molecule has 3 heterocycles. The third kappa shape index (κ3) is 3.59. The van der Waals surface area contributed by atoms with Gasteiger partial charge in [-0.05, 0) is 69.3 Å². The maximum Gasteiger partial charge on any atom is 0.265 e. The Morgan fingerprint density at radius 3 is 2.46 bits per heavy atom. The highest BCUT2D eigenvalue weighted by Gasteiger charge is 2.52. The number of ether oxygens (including phenoxy) is 2. The van der Waals surface area contributed by atoms with Gasteiger partial charge < -0.3 is 19.7 Å². The zero-order valence-corrected chi connectivity index (χ0v) is 20.9. The van der Waals surface area contributed by atoms with Crippen molar-refractivity contribution in [1.29, 1.82) is 0 Å². The minimum Gasteiger partial charge on any atom is -0.495 e. The topological polar surface area (TPSA) is 97.0 Å². The lowest BCUT2D eigenvalue weighted by Crippen LogP contribution is -2.43. The number of nitrogens with one attached hydrogen (secondary N) is 2. The summed E-state index contributed by atoms with van der Waals surface area (Å²) in [5.41, 5.74) is 1.33. The van der Waals surface area contributed by atoms with E-state index in [1.54, 1.807) is 30.3 Å². The van der Waals surface area contributed by atoms with E-state index in [9.17, 15) is 13.2 Å². The zero-order chi connectivity index (χ0) is 24.4. The van der Waals surface area contributed by atoms with E-state index < -0.39 is 15.4 Å². The van der Waals surface area contributed by atoms with Crippen LogP contribution in [0.15, 0.2) is 41.3 Å². The number of anilines is 2. The molecule has 8 nitrogen and oxygen atoms in total. The van der Waals surface area contributed by atoms with Gasteiger partial charge in [0.25, 0.3) is 10.0 Å². The summed E-state index contributed by atoms with van der Waals surface area (Å²) in [5.74, 6) is 0.801. The van der Waals surface area contributed by atoms with Gasteiger partial charge in [0.15, 0.2) is 0 Å². The molecule has 3 fully saturated rings. The molecule has 2 aromatic carbocycles. The minimum atomic E-state index is -3.92. The van der Waals surface area contributed by atoms with Gasteiger partial charge in [-0.1, -0.05) is 18.6 Å². The van der Waals surface area contributed by atoms with Crippen LogP contribution in [0, 0.1) is 0 Å². The number of amides is 1. The van der Waals surface area contributed by atoms with Crippen molar-refractivity contribution in [2.75, 3.05) is 24.2 Å². The van der Waals surface area contributed by atoms with Crippen molar-refractivity contribution < 1.29 is 22.7 Å². The Morgan fingerprint density at radius 1 is 1.09 bits per heavy atom. The van der Waals surface area contributed by atoms with Gasteiger partial charge in [0.2, 0.25) is 5.91 Å². The SMILES string of the molecule is COc1ccccc1S(=O)(=O)Nc1cc(OC2CC3CCC(C2)N3C)c2c(c1)C1(CCC1)C(=O)N2. The Bertz CT molecular complexity index is 1280. The lowest BCUT2D eigenvalue weighted by atomic mass is 9.65.